The van der Waals surface area contributed by atoms with Crippen molar-refractivity contribution in [2.75, 3.05) is 6.54 Å². The van der Waals surface area contributed by atoms with Gasteiger partial charge in [-0.1, -0.05) is 31.8 Å². The number of rotatable bonds is 3. The minimum absolute atomic E-state index is 0.911. The summed E-state index contributed by atoms with van der Waals surface area (Å²) in [5.74, 6) is 2.79. The Hall–Kier alpha value is -0.0831. The highest BCUT2D eigenvalue weighted by atomic mass is 28.3. The van der Waals surface area contributed by atoms with E-state index < -0.39 is 8.24 Å². The van der Waals surface area contributed by atoms with E-state index in [1.54, 1.807) is 0 Å². The number of hydrogen-bond acceptors (Lipinski definition) is 1. The van der Waals surface area contributed by atoms with Crippen molar-refractivity contribution < 1.29 is 0 Å². The van der Waals surface area contributed by atoms with E-state index in [0.717, 1.165) is 17.8 Å². The molecule has 1 nitrogen and oxygen atoms in total. The van der Waals surface area contributed by atoms with E-state index in [9.17, 15) is 0 Å². The third kappa shape index (κ3) is 2.23. The summed E-state index contributed by atoms with van der Waals surface area (Å²) in [5, 5.41) is 0. The van der Waals surface area contributed by atoms with Crippen LogP contribution in [0.15, 0.2) is 12.2 Å². The first kappa shape index (κ1) is 9.47. The molecule has 1 N–H and O–H groups in total. The number of fused-ring (bicyclic) bond motifs is 2. The first-order valence-corrected chi connectivity index (χ1v) is 8.98. The molecule has 0 heterocycles. The molecule has 2 heteroatoms. The van der Waals surface area contributed by atoms with Crippen molar-refractivity contribution in [2.45, 2.75) is 32.5 Å². The molecular weight excluding hydrogens is 174 g/mol. The van der Waals surface area contributed by atoms with Gasteiger partial charge in [0.1, 0.15) is 8.24 Å². The summed E-state index contributed by atoms with van der Waals surface area (Å²) in [4.78, 5) is 3.75. The zero-order valence-electron chi connectivity index (χ0n) is 9.01. The SMILES string of the molecule is C[Si](C)(C)NCC1CC2C=CC1C2. The predicted octanol–water partition coefficient (Wildman–Crippen LogP) is 2.62. The van der Waals surface area contributed by atoms with E-state index in [-0.39, 0.29) is 0 Å². The second kappa shape index (κ2) is 3.25. The summed E-state index contributed by atoms with van der Waals surface area (Å²) in [6.07, 6.45) is 7.76. The Morgan fingerprint density at radius 3 is 2.46 bits per heavy atom. The molecule has 0 aromatic rings. The van der Waals surface area contributed by atoms with Crippen LogP contribution in [0.1, 0.15) is 12.8 Å². The van der Waals surface area contributed by atoms with Crippen molar-refractivity contribution in [3.05, 3.63) is 12.2 Å². The van der Waals surface area contributed by atoms with Gasteiger partial charge in [0.15, 0.2) is 0 Å². The molecule has 2 rings (SSSR count). The Labute approximate surface area is 82.7 Å². The second-order valence-electron chi connectivity index (χ2n) is 5.67. The van der Waals surface area contributed by atoms with Gasteiger partial charge in [-0.3, -0.25) is 0 Å². The zero-order chi connectivity index (χ0) is 9.47. The van der Waals surface area contributed by atoms with Crippen LogP contribution in [-0.4, -0.2) is 14.8 Å². The van der Waals surface area contributed by atoms with E-state index in [1.165, 1.54) is 19.4 Å². The van der Waals surface area contributed by atoms with Gasteiger partial charge in [0.05, 0.1) is 0 Å². The molecule has 0 spiro atoms. The van der Waals surface area contributed by atoms with Crippen molar-refractivity contribution in [3.63, 3.8) is 0 Å². The molecule has 0 saturated heterocycles. The lowest BCUT2D eigenvalue weighted by Crippen LogP contribution is -2.44. The first-order valence-electron chi connectivity index (χ1n) is 5.48. The van der Waals surface area contributed by atoms with Crippen molar-refractivity contribution in [1.29, 1.82) is 0 Å². The van der Waals surface area contributed by atoms with Crippen LogP contribution in [0.5, 0.6) is 0 Å². The average molecular weight is 195 g/mol. The van der Waals surface area contributed by atoms with Crippen molar-refractivity contribution in [2.24, 2.45) is 17.8 Å². The van der Waals surface area contributed by atoms with Gasteiger partial charge in [0, 0.05) is 0 Å². The summed E-state index contributed by atoms with van der Waals surface area (Å²) in [6, 6.07) is 0. The zero-order valence-corrected chi connectivity index (χ0v) is 10.0. The monoisotopic (exact) mass is 195 g/mol. The van der Waals surface area contributed by atoms with Gasteiger partial charge in [-0.15, -0.1) is 0 Å². The quantitative estimate of drug-likeness (QED) is 0.539. The lowest BCUT2D eigenvalue weighted by molar-refractivity contribution is 0.443. The molecule has 0 amide bonds. The van der Waals surface area contributed by atoms with Crippen LogP contribution >= 0.6 is 0 Å². The van der Waals surface area contributed by atoms with Crippen LogP contribution in [0, 0.1) is 17.8 Å². The summed E-state index contributed by atoms with van der Waals surface area (Å²) >= 11 is 0. The minimum atomic E-state index is -1.03. The van der Waals surface area contributed by atoms with Gasteiger partial charge in [0.25, 0.3) is 0 Å². The molecule has 3 atom stereocenters. The van der Waals surface area contributed by atoms with Gasteiger partial charge < -0.3 is 4.98 Å². The van der Waals surface area contributed by atoms with E-state index in [2.05, 4.69) is 36.8 Å². The predicted molar refractivity (Wildman–Crippen MR) is 60.2 cm³/mol. The molecule has 2 aliphatic rings. The van der Waals surface area contributed by atoms with Gasteiger partial charge in [-0.05, 0) is 37.1 Å². The molecule has 74 valence electrons. The number of allylic oxidation sites excluding steroid dienone is 2. The highest BCUT2D eigenvalue weighted by molar-refractivity contribution is 6.73. The Balaban J connectivity index is 1.81. The molecule has 1 fully saturated rings. The summed E-state index contributed by atoms with van der Waals surface area (Å²) < 4.78 is 0. The van der Waals surface area contributed by atoms with E-state index in [4.69, 9.17) is 0 Å². The molecule has 1 saturated carbocycles. The van der Waals surface area contributed by atoms with Crippen molar-refractivity contribution in [3.8, 4) is 0 Å². The number of hydrogen-bond donors (Lipinski definition) is 1. The van der Waals surface area contributed by atoms with Crippen molar-refractivity contribution in [1.82, 2.24) is 4.98 Å². The molecule has 0 radical (unpaired) electrons. The molecule has 0 aromatic heterocycles. The average Bonchev–Trinajstić information content (AvgIpc) is 2.58. The Morgan fingerprint density at radius 1 is 1.23 bits per heavy atom. The van der Waals surface area contributed by atoms with Gasteiger partial charge >= 0.3 is 0 Å². The Bertz CT molecular complexity index is 217. The summed E-state index contributed by atoms with van der Waals surface area (Å²) in [5.41, 5.74) is 0. The van der Waals surface area contributed by atoms with Crippen LogP contribution in [0.3, 0.4) is 0 Å². The van der Waals surface area contributed by atoms with E-state index in [0.29, 0.717) is 0 Å². The van der Waals surface area contributed by atoms with Crippen LogP contribution in [0.25, 0.3) is 0 Å². The van der Waals surface area contributed by atoms with E-state index >= 15 is 0 Å². The van der Waals surface area contributed by atoms with Crippen molar-refractivity contribution >= 4 is 8.24 Å². The third-order valence-corrected chi connectivity index (χ3v) is 4.58. The normalized spacial score (nSPS) is 37.3. The summed E-state index contributed by atoms with van der Waals surface area (Å²) in [7, 11) is -1.03. The molecule has 0 aromatic carbocycles. The lowest BCUT2D eigenvalue weighted by atomic mass is 9.94. The smallest absolute Gasteiger partial charge is 0.116 e. The van der Waals surface area contributed by atoms with Gasteiger partial charge in [-0.25, -0.2) is 0 Å². The highest BCUT2D eigenvalue weighted by Crippen LogP contribution is 2.42. The molecule has 3 unspecified atom stereocenters. The fourth-order valence-electron chi connectivity index (χ4n) is 2.57. The largest absolute Gasteiger partial charge is 0.337 e. The van der Waals surface area contributed by atoms with Crippen LogP contribution in [0.4, 0.5) is 0 Å². The van der Waals surface area contributed by atoms with Crippen LogP contribution < -0.4 is 4.98 Å². The third-order valence-electron chi connectivity index (χ3n) is 3.31. The van der Waals surface area contributed by atoms with E-state index in [1.807, 2.05) is 0 Å². The maximum Gasteiger partial charge on any atom is 0.116 e. The second-order valence-corrected chi connectivity index (χ2v) is 10.5. The first-order chi connectivity index (χ1) is 6.04. The lowest BCUT2D eigenvalue weighted by Gasteiger charge is -2.24. The Morgan fingerprint density at radius 2 is 2.00 bits per heavy atom. The molecule has 2 aliphatic carbocycles. The number of nitrogens with one attached hydrogen (secondary N) is 1. The fourth-order valence-corrected chi connectivity index (χ4v) is 3.44. The fraction of sp³-hybridized carbons (Fsp3) is 0.818. The maximum absolute atomic E-state index is 3.75. The molecule has 2 bridgehead atoms. The maximum atomic E-state index is 3.75. The molecule has 13 heavy (non-hydrogen) atoms. The minimum Gasteiger partial charge on any atom is -0.337 e. The van der Waals surface area contributed by atoms with Gasteiger partial charge in [0.2, 0.25) is 0 Å². The van der Waals surface area contributed by atoms with Gasteiger partial charge in [-0.2, -0.15) is 0 Å². The molecule has 0 aliphatic heterocycles. The standard InChI is InChI=1S/C11H21NSi/c1-13(2,3)12-8-11-7-9-4-5-10(11)6-9/h4-5,9-12H,6-8H2,1-3H3. The topological polar surface area (TPSA) is 12.0 Å². The molecular formula is C11H21NSi. The van der Waals surface area contributed by atoms with Crippen LogP contribution in [0.2, 0.25) is 19.6 Å². The van der Waals surface area contributed by atoms with Crippen LogP contribution in [-0.2, 0) is 0 Å². The highest BCUT2D eigenvalue weighted by Gasteiger charge is 2.35. The summed E-state index contributed by atoms with van der Waals surface area (Å²) in [6.45, 7) is 8.42. The Kier molecular flexibility index (Phi) is 2.36.